The third-order valence-corrected chi connectivity index (χ3v) is 7.29. The first kappa shape index (κ1) is 21.2. The number of benzene rings is 1. The Kier molecular flexibility index (Phi) is 6.72. The molecule has 0 amide bonds. The van der Waals surface area contributed by atoms with E-state index >= 15 is 0 Å². The summed E-state index contributed by atoms with van der Waals surface area (Å²) in [5.41, 5.74) is 0.646. The molecule has 2 fully saturated rings. The average molecular weight is 413 g/mol. The summed E-state index contributed by atoms with van der Waals surface area (Å²) in [7, 11) is -2.51. The summed E-state index contributed by atoms with van der Waals surface area (Å²) in [6.07, 6.45) is -0.640. The Morgan fingerprint density at radius 3 is 2.75 bits per heavy atom. The molecule has 8 nitrogen and oxygen atoms in total. The van der Waals surface area contributed by atoms with Gasteiger partial charge in [-0.25, -0.2) is 8.42 Å². The van der Waals surface area contributed by atoms with Crippen molar-refractivity contribution >= 4 is 16.0 Å². The van der Waals surface area contributed by atoms with Crippen molar-refractivity contribution in [3.63, 3.8) is 0 Å². The number of aliphatic hydroxyl groups excluding tert-OH is 1. The van der Waals surface area contributed by atoms with Crippen molar-refractivity contribution in [3.8, 4) is 0 Å². The van der Waals surface area contributed by atoms with Crippen LogP contribution in [0, 0.1) is 6.92 Å². The lowest BCUT2D eigenvalue weighted by atomic mass is 9.96. The number of methoxy groups -OCH3 is 1. The van der Waals surface area contributed by atoms with E-state index in [1.807, 2.05) is 0 Å². The number of fused-ring (bicyclic) bond motifs is 1. The average Bonchev–Trinajstić information content (AvgIpc) is 2.65. The van der Waals surface area contributed by atoms with Gasteiger partial charge in [-0.3, -0.25) is 4.79 Å². The zero-order chi connectivity index (χ0) is 20.3. The Morgan fingerprint density at radius 2 is 2.04 bits per heavy atom. The fraction of sp³-hybridized carbons (Fsp3) is 0.632. The van der Waals surface area contributed by atoms with Crippen LogP contribution in [0.2, 0.25) is 0 Å². The molecule has 0 aromatic heterocycles. The van der Waals surface area contributed by atoms with Gasteiger partial charge in [0.2, 0.25) is 10.0 Å². The second kappa shape index (κ2) is 8.87. The van der Waals surface area contributed by atoms with Gasteiger partial charge >= 0.3 is 5.97 Å². The molecule has 0 aliphatic carbocycles. The lowest BCUT2D eigenvalue weighted by molar-refractivity contribution is -0.157. The van der Waals surface area contributed by atoms with Crippen LogP contribution < -0.4 is 0 Å². The third kappa shape index (κ3) is 4.55. The van der Waals surface area contributed by atoms with Gasteiger partial charge in [-0.05, 0) is 31.4 Å². The van der Waals surface area contributed by atoms with Crippen LogP contribution in [-0.4, -0.2) is 75.0 Å². The second-order valence-electron chi connectivity index (χ2n) is 7.25. The standard InChI is InChI=1S/C19H27NO7S/c1-13-5-3-4-6-18(13)28(23,24)20-10-14(21)11-26-12-17-16(20)8-7-15(27-17)9-19(22)25-2/h3-6,14-17,21H,7-12H2,1-2H3/t14-,15+,16+,17-/m0/s1. The number of hydrogen-bond acceptors (Lipinski definition) is 7. The summed E-state index contributed by atoms with van der Waals surface area (Å²) in [4.78, 5) is 11.8. The molecule has 2 aliphatic heterocycles. The smallest absolute Gasteiger partial charge is 0.308 e. The number of sulfonamides is 1. The molecule has 3 rings (SSSR count). The van der Waals surface area contributed by atoms with E-state index in [2.05, 4.69) is 0 Å². The van der Waals surface area contributed by atoms with Crippen LogP contribution >= 0.6 is 0 Å². The molecule has 156 valence electrons. The maximum atomic E-state index is 13.4. The van der Waals surface area contributed by atoms with Crippen molar-refractivity contribution in [3.05, 3.63) is 29.8 Å². The van der Waals surface area contributed by atoms with Crippen LogP contribution in [0.4, 0.5) is 0 Å². The van der Waals surface area contributed by atoms with Crippen molar-refractivity contribution in [2.24, 2.45) is 0 Å². The summed E-state index contributed by atoms with van der Waals surface area (Å²) in [6.45, 7) is 1.85. The molecule has 0 radical (unpaired) electrons. The van der Waals surface area contributed by atoms with Crippen LogP contribution in [-0.2, 0) is 29.0 Å². The van der Waals surface area contributed by atoms with E-state index in [0.717, 1.165) is 0 Å². The van der Waals surface area contributed by atoms with Gasteiger partial charge in [-0.15, -0.1) is 0 Å². The monoisotopic (exact) mass is 413 g/mol. The zero-order valence-corrected chi connectivity index (χ0v) is 16.9. The molecular weight excluding hydrogens is 386 g/mol. The first-order chi connectivity index (χ1) is 13.3. The van der Waals surface area contributed by atoms with E-state index in [1.165, 1.54) is 11.4 Å². The van der Waals surface area contributed by atoms with Crippen LogP contribution in [0.1, 0.15) is 24.8 Å². The van der Waals surface area contributed by atoms with Gasteiger partial charge in [0.15, 0.2) is 0 Å². The number of aryl methyl sites for hydroxylation is 1. The van der Waals surface area contributed by atoms with E-state index < -0.39 is 28.3 Å². The number of hydrogen-bond donors (Lipinski definition) is 1. The van der Waals surface area contributed by atoms with Crippen LogP contribution in [0.5, 0.6) is 0 Å². The quantitative estimate of drug-likeness (QED) is 0.730. The van der Waals surface area contributed by atoms with Crippen molar-refractivity contribution in [1.29, 1.82) is 0 Å². The summed E-state index contributed by atoms with van der Waals surface area (Å²) in [6, 6.07) is 6.32. The van der Waals surface area contributed by atoms with Crippen molar-refractivity contribution in [2.45, 2.75) is 55.4 Å². The number of nitrogens with zero attached hydrogens (tertiary/aromatic N) is 1. The highest BCUT2D eigenvalue weighted by Crippen LogP contribution is 2.32. The van der Waals surface area contributed by atoms with Crippen molar-refractivity contribution in [1.82, 2.24) is 4.31 Å². The molecule has 2 saturated heterocycles. The maximum Gasteiger partial charge on any atom is 0.308 e. The number of carbonyl (C=O) groups excluding carboxylic acids is 1. The first-order valence-corrected chi connectivity index (χ1v) is 10.8. The van der Waals surface area contributed by atoms with Gasteiger partial charge < -0.3 is 19.3 Å². The van der Waals surface area contributed by atoms with Crippen molar-refractivity contribution < 1.29 is 32.5 Å². The minimum Gasteiger partial charge on any atom is -0.469 e. The Labute approximate surface area is 165 Å². The fourth-order valence-corrected chi connectivity index (χ4v) is 5.76. The van der Waals surface area contributed by atoms with E-state index in [-0.39, 0.29) is 43.1 Å². The van der Waals surface area contributed by atoms with Gasteiger partial charge in [-0.1, -0.05) is 18.2 Å². The first-order valence-electron chi connectivity index (χ1n) is 9.38. The van der Waals surface area contributed by atoms with Crippen molar-refractivity contribution in [2.75, 3.05) is 26.9 Å². The molecule has 1 aromatic rings. The minimum atomic E-state index is -3.83. The molecule has 2 heterocycles. The normalized spacial score (nSPS) is 29.4. The van der Waals surface area contributed by atoms with Gasteiger partial charge in [-0.2, -0.15) is 4.31 Å². The maximum absolute atomic E-state index is 13.4. The molecular formula is C19H27NO7S. The molecule has 0 spiro atoms. The highest BCUT2D eigenvalue weighted by Gasteiger charge is 2.43. The Hall–Kier alpha value is -1.52. The molecule has 2 aliphatic rings. The summed E-state index contributed by atoms with van der Waals surface area (Å²) in [5.74, 6) is -0.366. The van der Waals surface area contributed by atoms with Crippen LogP contribution in [0.3, 0.4) is 0 Å². The molecule has 1 aromatic carbocycles. The third-order valence-electron chi connectivity index (χ3n) is 5.24. The zero-order valence-electron chi connectivity index (χ0n) is 16.1. The summed E-state index contributed by atoms with van der Waals surface area (Å²) < 4.78 is 44.4. The predicted octanol–water partition coefficient (Wildman–Crippen LogP) is 0.856. The number of esters is 1. The van der Waals surface area contributed by atoms with Gasteiger partial charge in [0.1, 0.15) is 0 Å². The largest absolute Gasteiger partial charge is 0.469 e. The predicted molar refractivity (Wildman–Crippen MR) is 100 cm³/mol. The molecule has 4 atom stereocenters. The minimum absolute atomic E-state index is 0.0219. The van der Waals surface area contributed by atoms with Gasteiger partial charge in [0.05, 0.1) is 56.0 Å². The van der Waals surface area contributed by atoms with E-state index in [1.54, 1.807) is 31.2 Å². The molecule has 0 bridgehead atoms. The van der Waals surface area contributed by atoms with E-state index in [9.17, 15) is 18.3 Å². The number of rotatable bonds is 4. The molecule has 0 saturated carbocycles. The van der Waals surface area contributed by atoms with Crippen LogP contribution in [0.15, 0.2) is 29.2 Å². The number of carbonyl (C=O) groups is 1. The fourth-order valence-electron chi connectivity index (χ4n) is 3.81. The molecule has 9 heteroatoms. The second-order valence-corrected chi connectivity index (χ2v) is 9.11. The van der Waals surface area contributed by atoms with Gasteiger partial charge in [0.25, 0.3) is 0 Å². The molecule has 0 unspecified atom stereocenters. The topological polar surface area (TPSA) is 102 Å². The Morgan fingerprint density at radius 1 is 1.29 bits per heavy atom. The summed E-state index contributed by atoms with van der Waals surface area (Å²) >= 11 is 0. The Balaban J connectivity index is 1.88. The lowest BCUT2D eigenvalue weighted by Crippen LogP contribution is -2.57. The number of ether oxygens (including phenoxy) is 3. The van der Waals surface area contributed by atoms with Crippen LogP contribution in [0.25, 0.3) is 0 Å². The SMILES string of the molecule is COC(=O)C[C@H]1CC[C@@H]2[C@H](COC[C@@H](O)CN2S(=O)(=O)c2ccccc2C)O1. The lowest BCUT2D eigenvalue weighted by Gasteiger charge is -2.43. The van der Waals surface area contributed by atoms with E-state index in [0.29, 0.717) is 18.4 Å². The van der Waals surface area contributed by atoms with Gasteiger partial charge in [0, 0.05) is 6.54 Å². The Bertz CT molecular complexity index is 797. The van der Waals surface area contributed by atoms with E-state index in [4.69, 9.17) is 14.2 Å². The number of β-amino-alcohol motifs (C(OH)–C–C–N with tert-alkyl or cyclic N) is 1. The highest BCUT2D eigenvalue weighted by molar-refractivity contribution is 7.89. The molecule has 28 heavy (non-hydrogen) atoms. The molecule has 1 N–H and O–H groups in total. The summed E-state index contributed by atoms with van der Waals surface area (Å²) in [5, 5.41) is 10.2. The number of aliphatic hydroxyl groups is 1. The highest BCUT2D eigenvalue weighted by atomic mass is 32.2.